The van der Waals surface area contributed by atoms with E-state index in [4.69, 9.17) is 4.99 Å². The number of nitrogens with zero attached hydrogens (tertiary/aromatic N) is 4. The average molecular weight is 524 g/mol. The highest BCUT2D eigenvalue weighted by molar-refractivity contribution is 14.0. The van der Waals surface area contributed by atoms with E-state index < -0.39 is 0 Å². The fourth-order valence-corrected chi connectivity index (χ4v) is 3.79. The van der Waals surface area contributed by atoms with E-state index in [1.165, 1.54) is 49.9 Å². The highest BCUT2D eigenvalue weighted by Crippen LogP contribution is 2.16. The number of guanidine groups is 1. The Labute approximate surface area is 198 Å². The predicted molar refractivity (Wildman–Crippen MR) is 135 cm³/mol. The number of hydrogen-bond acceptors (Lipinski definition) is 3. The lowest BCUT2D eigenvalue weighted by Gasteiger charge is -2.21. The number of halogens is 1. The van der Waals surface area contributed by atoms with E-state index in [-0.39, 0.29) is 24.0 Å². The standard InChI is InChI=1S/C23H36N6.HI/c1-2-24-23(25-13-9-17-29-18-10-14-27-29)26-19-21-11-5-6-12-22(21)20-28-15-7-3-4-8-16-28;/h5-6,10-12,14,18H,2-4,7-9,13,15-17,19-20H2,1H3,(H2,24,25,26);1H. The monoisotopic (exact) mass is 524 g/mol. The molecule has 0 aliphatic carbocycles. The van der Waals surface area contributed by atoms with Gasteiger partial charge in [0.05, 0.1) is 6.54 Å². The predicted octanol–water partition coefficient (Wildman–Crippen LogP) is 4.02. The maximum Gasteiger partial charge on any atom is 0.191 e. The minimum atomic E-state index is 0. The van der Waals surface area contributed by atoms with Gasteiger partial charge in [-0.1, -0.05) is 37.1 Å². The topological polar surface area (TPSA) is 57.5 Å². The fraction of sp³-hybridized carbons (Fsp3) is 0.565. The van der Waals surface area contributed by atoms with Crippen molar-refractivity contribution in [2.45, 2.75) is 58.7 Å². The molecule has 0 bridgehead atoms. The van der Waals surface area contributed by atoms with Crippen molar-refractivity contribution in [1.82, 2.24) is 25.3 Å². The Kier molecular flexibility index (Phi) is 11.8. The molecular formula is C23H37IN6. The molecule has 166 valence electrons. The lowest BCUT2D eigenvalue weighted by atomic mass is 10.1. The van der Waals surface area contributed by atoms with E-state index in [2.05, 4.69) is 51.8 Å². The molecule has 1 aromatic carbocycles. The number of benzene rings is 1. The number of aliphatic imine (C=N–C) groups is 1. The van der Waals surface area contributed by atoms with Gasteiger partial charge in [-0.3, -0.25) is 9.58 Å². The van der Waals surface area contributed by atoms with Crippen LogP contribution in [0, 0.1) is 0 Å². The zero-order chi connectivity index (χ0) is 20.2. The van der Waals surface area contributed by atoms with Crippen molar-refractivity contribution in [2.75, 3.05) is 26.2 Å². The molecule has 0 atom stereocenters. The molecule has 1 aromatic heterocycles. The molecule has 0 saturated carbocycles. The van der Waals surface area contributed by atoms with Crippen LogP contribution in [0.1, 0.15) is 50.2 Å². The number of aryl methyl sites for hydroxylation is 1. The Balaban J connectivity index is 0.00000320. The van der Waals surface area contributed by atoms with Crippen LogP contribution in [0.3, 0.4) is 0 Å². The zero-order valence-electron chi connectivity index (χ0n) is 18.2. The van der Waals surface area contributed by atoms with Crippen LogP contribution < -0.4 is 10.6 Å². The number of likely N-dealkylation sites (tertiary alicyclic amines) is 1. The van der Waals surface area contributed by atoms with E-state index in [9.17, 15) is 0 Å². The summed E-state index contributed by atoms with van der Waals surface area (Å²) in [5.41, 5.74) is 2.73. The van der Waals surface area contributed by atoms with Crippen LogP contribution in [0.5, 0.6) is 0 Å². The lowest BCUT2D eigenvalue weighted by molar-refractivity contribution is 0.276. The van der Waals surface area contributed by atoms with Gasteiger partial charge in [-0.2, -0.15) is 5.10 Å². The van der Waals surface area contributed by atoms with E-state index in [0.717, 1.165) is 38.6 Å². The molecule has 0 amide bonds. The van der Waals surface area contributed by atoms with Crippen molar-refractivity contribution in [2.24, 2.45) is 4.99 Å². The van der Waals surface area contributed by atoms with E-state index in [0.29, 0.717) is 6.54 Å². The largest absolute Gasteiger partial charge is 0.357 e. The summed E-state index contributed by atoms with van der Waals surface area (Å²) in [5.74, 6) is 0.887. The first kappa shape index (κ1) is 24.7. The van der Waals surface area contributed by atoms with Crippen molar-refractivity contribution in [3.63, 3.8) is 0 Å². The Morgan fingerprint density at radius 1 is 1.03 bits per heavy atom. The van der Waals surface area contributed by atoms with Crippen molar-refractivity contribution in [3.8, 4) is 0 Å². The minimum Gasteiger partial charge on any atom is -0.357 e. The summed E-state index contributed by atoms with van der Waals surface area (Å²) < 4.78 is 1.96. The molecule has 0 radical (unpaired) electrons. The molecule has 2 aromatic rings. The molecule has 1 aliphatic heterocycles. The van der Waals surface area contributed by atoms with Crippen LogP contribution >= 0.6 is 24.0 Å². The van der Waals surface area contributed by atoms with Crippen molar-refractivity contribution < 1.29 is 0 Å². The molecule has 6 nitrogen and oxygen atoms in total. The Morgan fingerprint density at radius 2 is 1.80 bits per heavy atom. The second-order valence-corrected chi connectivity index (χ2v) is 7.70. The van der Waals surface area contributed by atoms with Gasteiger partial charge in [0.2, 0.25) is 0 Å². The van der Waals surface area contributed by atoms with Gasteiger partial charge in [0.15, 0.2) is 5.96 Å². The van der Waals surface area contributed by atoms with Crippen LogP contribution in [0.2, 0.25) is 0 Å². The highest BCUT2D eigenvalue weighted by Gasteiger charge is 2.11. The average Bonchev–Trinajstić information content (AvgIpc) is 3.13. The summed E-state index contributed by atoms with van der Waals surface area (Å²) >= 11 is 0. The lowest BCUT2D eigenvalue weighted by Crippen LogP contribution is -2.38. The van der Waals surface area contributed by atoms with Gasteiger partial charge in [0, 0.05) is 38.6 Å². The summed E-state index contributed by atoms with van der Waals surface area (Å²) in [6.45, 7) is 8.95. The third kappa shape index (κ3) is 8.63. The highest BCUT2D eigenvalue weighted by atomic mass is 127. The molecule has 7 heteroatoms. The van der Waals surface area contributed by atoms with E-state index in [1.807, 2.05) is 23.1 Å². The van der Waals surface area contributed by atoms with Crippen LogP contribution in [0.15, 0.2) is 47.7 Å². The number of nitrogens with one attached hydrogen (secondary N) is 2. The summed E-state index contributed by atoms with van der Waals surface area (Å²) in [6.07, 6.45) is 10.2. The molecule has 30 heavy (non-hydrogen) atoms. The molecule has 1 saturated heterocycles. The first-order chi connectivity index (χ1) is 14.3. The molecular weight excluding hydrogens is 487 g/mol. The van der Waals surface area contributed by atoms with Gasteiger partial charge >= 0.3 is 0 Å². The summed E-state index contributed by atoms with van der Waals surface area (Å²) in [5, 5.41) is 11.1. The molecule has 0 unspecified atom stereocenters. The first-order valence-corrected chi connectivity index (χ1v) is 11.1. The van der Waals surface area contributed by atoms with Crippen LogP contribution in [0.4, 0.5) is 0 Å². The summed E-state index contributed by atoms with van der Waals surface area (Å²) in [7, 11) is 0. The van der Waals surface area contributed by atoms with Crippen molar-refractivity contribution in [1.29, 1.82) is 0 Å². The molecule has 2 N–H and O–H groups in total. The van der Waals surface area contributed by atoms with Gasteiger partial charge in [0.1, 0.15) is 0 Å². The van der Waals surface area contributed by atoms with Gasteiger partial charge in [-0.25, -0.2) is 4.99 Å². The quantitative estimate of drug-likeness (QED) is 0.225. The second kappa shape index (κ2) is 14.4. The SMILES string of the molecule is CCNC(=NCc1ccccc1CN1CCCCCC1)NCCCn1cccn1.I. The molecule has 3 rings (SSSR count). The van der Waals surface area contributed by atoms with Gasteiger partial charge < -0.3 is 10.6 Å². The smallest absolute Gasteiger partial charge is 0.191 e. The van der Waals surface area contributed by atoms with Crippen LogP contribution in [-0.2, 0) is 19.6 Å². The van der Waals surface area contributed by atoms with Gasteiger partial charge in [-0.05, 0) is 56.5 Å². The normalized spacial score (nSPS) is 15.3. The molecule has 1 aliphatic rings. The van der Waals surface area contributed by atoms with Crippen molar-refractivity contribution in [3.05, 3.63) is 53.9 Å². The van der Waals surface area contributed by atoms with Crippen LogP contribution in [-0.4, -0.2) is 46.8 Å². The zero-order valence-corrected chi connectivity index (χ0v) is 20.6. The number of rotatable bonds is 9. The van der Waals surface area contributed by atoms with Crippen molar-refractivity contribution >= 4 is 29.9 Å². The van der Waals surface area contributed by atoms with Gasteiger partial charge in [-0.15, -0.1) is 24.0 Å². The Bertz CT molecular complexity index is 723. The third-order valence-electron chi connectivity index (χ3n) is 5.38. The second-order valence-electron chi connectivity index (χ2n) is 7.70. The summed E-state index contributed by atoms with van der Waals surface area (Å²) in [6, 6.07) is 10.7. The molecule has 1 fully saturated rings. The van der Waals surface area contributed by atoms with Gasteiger partial charge in [0.25, 0.3) is 0 Å². The van der Waals surface area contributed by atoms with Crippen LogP contribution in [0.25, 0.3) is 0 Å². The minimum absolute atomic E-state index is 0. The number of hydrogen-bond donors (Lipinski definition) is 2. The Morgan fingerprint density at radius 3 is 2.50 bits per heavy atom. The van der Waals surface area contributed by atoms with E-state index >= 15 is 0 Å². The van der Waals surface area contributed by atoms with E-state index in [1.54, 1.807) is 0 Å². The maximum atomic E-state index is 4.84. The number of aromatic nitrogens is 2. The third-order valence-corrected chi connectivity index (χ3v) is 5.38. The first-order valence-electron chi connectivity index (χ1n) is 11.1. The summed E-state index contributed by atoms with van der Waals surface area (Å²) in [4.78, 5) is 7.45. The fourth-order valence-electron chi connectivity index (χ4n) is 3.79. The molecule has 2 heterocycles. The maximum absolute atomic E-state index is 4.84. The molecule has 0 spiro atoms. The Hall–Kier alpha value is -1.61.